The first kappa shape index (κ1) is 11.1. The second-order valence-corrected chi connectivity index (χ2v) is 5.62. The second-order valence-electron chi connectivity index (χ2n) is 2.49. The van der Waals surface area contributed by atoms with Gasteiger partial charge in [-0.25, -0.2) is 27.1 Å². The Hall–Kier alpha value is -0.960. The predicted molar refractivity (Wildman–Crippen MR) is 48.0 cm³/mol. The Morgan fingerprint density at radius 2 is 1.29 bits per heavy atom. The van der Waals surface area contributed by atoms with Crippen molar-refractivity contribution < 1.29 is 16.8 Å². The van der Waals surface area contributed by atoms with E-state index in [0.29, 0.717) is 0 Å². The van der Waals surface area contributed by atoms with Crippen molar-refractivity contribution in [2.24, 2.45) is 10.3 Å². The lowest BCUT2D eigenvalue weighted by molar-refractivity contribution is 0.596. The number of primary sulfonamides is 2. The number of hydrogen-bond donors (Lipinski definition) is 2. The van der Waals surface area contributed by atoms with Crippen LogP contribution >= 0.6 is 0 Å². The summed E-state index contributed by atoms with van der Waals surface area (Å²) in [7, 11) is -7.87. The van der Waals surface area contributed by atoms with Crippen LogP contribution in [0.3, 0.4) is 0 Å². The third kappa shape index (κ3) is 2.51. The Kier molecular flexibility index (Phi) is 2.63. The van der Waals surface area contributed by atoms with Gasteiger partial charge in [-0.05, 0) is 24.3 Å². The summed E-state index contributed by atoms with van der Waals surface area (Å²) in [6.45, 7) is 0. The normalized spacial score (nSPS) is 12.7. The molecule has 0 amide bonds. The summed E-state index contributed by atoms with van der Waals surface area (Å²) in [5, 5.41) is 9.57. The monoisotopic (exact) mass is 235 g/mol. The molecule has 0 aromatic heterocycles. The van der Waals surface area contributed by atoms with Crippen LogP contribution in [0.5, 0.6) is 0 Å². The molecular weight excluding hydrogens is 228 g/mol. The van der Waals surface area contributed by atoms with E-state index >= 15 is 0 Å². The molecule has 1 aromatic rings. The van der Waals surface area contributed by atoms with Crippen molar-refractivity contribution in [2.75, 3.05) is 0 Å². The lowest BCUT2D eigenvalue weighted by Crippen LogP contribution is -2.15. The molecule has 0 unspecified atom stereocenters. The number of sulfonamides is 2. The molecule has 1 radical (unpaired) electrons. The smallest absolute Gasteiger partial charge is 0.225 e. The molecule has 0 saturated carbocycles. The molecule has 4 N–H and O–H groups in total. The molecule has 0 aliphatic heterocycles. The van der Waals surface area contributed by atoms with Crippen molar-refractivity contribution in [3.63, 3.8) is 0 Å². The third-order valence-electron chi connectivity index (χ3n) is 1.39. The van der Waals surface area contributed by atoms with E-state index in [-0.39, 0.29) is 9.79 Å². The molecule has 0 aliphatic rings. The maximum absolute atomic E-state index is 10.8. The van der Waals surface area contributed by atoms with Gasteiger partial charge in [0, 0.05) is 0 Å². The lowest BCUT2D eigenvalue weighted by atomic mass is 10.4. The average Bonchev–Trinajstić information content (AvgIpc) is 2.01. The van der Waals surface area contributed by atoms with Crippen LogP contribution in [0.15, 0.2) is 28.0 Å². The van der Waals surface area contributed by atoms with Crippen molar-refractivity contribution in [3.05, 3.63) is 24.3 Å². The van der Waals surface area contributed by atoms with E-state index in [9.17, 15) is 16.8 Å². The van der Waals surface area contributed by atoms with Gasteiger partial charge in [-0.3, -0.25) is 0 Å². The molecule has 8 heteroatoms. The molecule has 77 valence electrons. The molecule has 0 fully saturated rings. The van der Waals surface area contributed by atoms with Gasteiger partial charge in [0.15, 0.2) is 0 Å². The summed E-state index contributed by atoms with van der Waals surface area (Å²) in [5.74, 6) is 0. The van der Waals surface area contributed by atoms with Gasteiger partial charge in [0.05, 0.1) is 9.79 Å². The summed E-state index contributed by atoms with van der Waals surface area (Å²) >= 11 is 0. The van der Waals surface area contributed by atoms with Gasteiger partial charge in [0.25, 0.3) is 0 Å². The van der Waals surface area contributed by atoms with Gasteiger partial charge in [-0.1, -0.05) is 0 Å². The predicted octanol–water partition coefficient (Wildman–Crippen LogP) is -1.22. The zero-order chi connectivity index (χ0) is 11.0. The molecule has 0 aliphatic carbocycles. The number of rotatable bonds is 2. The van der Waals surface area contributed by atoms with E-state index < -0.39 is 20.0 Å². The third-order valence-corrected chi connectivity index (χ3v) is 3.18. The fourth-order valence-corrected chi connectivity index (χ4v) is 1.88. The quantitative estimate of drug-likeness (QED) is 0.667. The zero-order valence-corrected chi connectivity index (χ0v) is 8.47. The summed E-state index contributed by atoms with van der Waals surface area (Å²) < 4.78 is 43.3. The Labute approximate surface area is 81.6 Å². The standard InChI is InChI=1S/C6H7N2O4S2/c7-13(9,10)5-2-1-3-6(4-5)14(8,11)12/h2-4H,(H2,7,9,10)(H2,8,11,12). The second kappa shape index (κ2) is 3.31. The minimum absolute atomic E-state index is 0.343. The zero-order valence-electron chi connectivity index (χ0n) is 6.84. The SMILES string of the molecule is NS(=O)(=O)c1c[c]cc(S(N)(=O)=O)c1. The largest absolute Gasteiger partial charge is 0.238 e. The molecule has 0 bridgehead atoms. The van der Waals surface area contributed by atoms with Crippen LogP contribution in [-0.2, 0) is 20.0 Å². The van der Waals surface area contributed by atoms with Crippen molar-refractivity contribution in [2.45, 2.75) is 9.79 Å². The average molecular weight is 235 g/mol. The van der Waals surface area contributed by atoms with Gasteiger partial charge >= 0.3 is 0 Å². The number of nitrogens with two attached hydrogens (primary N) is 2. The van der Waals surface area contributed by atoms with Crippen LogP contribution < -0.4 is 10.3 Å². The maximum atomic E-state index is 10.8. The van der Waals surface area contributed by atoms with E-state index in [0.717, 1.165) is 18.2 Å². The fourth-order valence-electron chi connectivity index (χ4n) is 0.758. The Bertz CT molecular complexity index is 500. The van der Waals surface area contributed by atoms with E-state index in [1.165, 1.54) is 0 Å². The minimum atomic E-state index is -3.94. The van der Waals surface area contributed by atoms with Crippen LogP contribution in [0.2, 0.25) is 0 Å². The fraction of sp³-hybridized carbons (Fsp3) is 0. The first-order valence-electron chi connectivity index (χ1n) is 3.28. The molecule has 0 spiro atoms. The topological polar surface area (TPSA) is 120 Å². The van der Waals surface area contributed by atoms with Crippen molar-refractivity contribution in [1.82, 2.24) is 0 Å². The van der Waals surface area contributed by atoms with Crippen LogP contribution in [0, 0.1) is 6.07 Å². The molecule has 0 saturated heterocycles. The Morgan fingerprint density at radius 3 is 1.57 bits per heavy atom. The summed E-state index contributed by atoms with van der Waals surface area (Å²) in [5.41, 5.74) is 0. The summed E-state index contributed by atoms with van der Waals surface area (Å²) in [6, 6.07) is 5.32. The highest BCUT2D eigenvalue weighted by Crippen LogP contribution is 2.12. The van der Waals surface area contributed by atoms with Crippen molar-refractivity contribution in [3.8, 4) is 0 Å². The number of hydrogen-bond acceptors (Lipinski definition) is 4. The van der Waals surface area contributed by atoms with Crippen LogP contribution in [0.25, 0.3) is 0 Å². The van der Waals surface area contributed by atoms with Crippen LogP contribution in [0.1, 0.15) is 0 Å². The molecule has 0 atom stereocenters. The van der Waals surface area contributed by atoms with Gasteiger partial charge in [-0.15, -0.1) is 0 Å². The molecular formula is C6H7N2O4S2. The molecule has 6 nitrogen and oxygen atoms in total. The van der Waals surface area contributed by atoms with E-state index in [2.05, 4.69) is 6.07 Å². The molecule has 0 heterocycles. The van der Waals surface area contributed by atoms with Crippen LogP contribution in [-0.4, -0.2) is 16.8 Å². The lowest BCUT2D eigenvalue weighted by Gasteiger charge is -2.00. The van der Waals surface area contributed by atoms with Gasteiger partial charge in [0.1, 0.15) is 0 Å². The molecule has 1 rings (SSSR count). The maximum Gasteiger partial charge on any atom is 0.238 e. The molecule has 14 heavy (non-hydrogen) atoms. The van der Waals surface area contributed by atoms with Crippen molar-refractivity contribution in [1.29, 1.82) is 0 Å². The van der Waals surface area contributed by atoms with E-state index in [4.69, 9.17) is 10.3 Å². The highest BCUT2D eigenvalue weighted by atomic mass is 32.2. The van der Waals surface area contributed by atoms with E-state index in [1.807, 2.05) is 0 Å². The highest BCUT2D eigenvalue weighted by Gasteiger charge is 2.13. The highest BCUT2D eigenvalue weighted by molar-refractivity contribution is 7.90. The minimum Gasteiger partial charge on any atom is -0.225 e. The van der Waals surface area contributed by atoms with Crippen LogP contribution in [0.4, 0.5) is 0 Å². The van der Waals surface area contributed by atoms with Gasteiger partial charge in [0.2, 0.25) is 20.0 Å². The van der Waals surface area contributed by atoms with Gasteiger partial charge in [-0.2, -0.15) is 0 Å². The first-order chi connectivity index (χ1) is 6.21. The van der Waals surface area contributed by atoms with Crippen molar-refractivity contribution >= 4 is 20.0 Å². The van der Waals surface area contributed by atoms with Gasteiger partial charge < -0.3 is 0 Å². The Balaban J connectivity index is 3.44. The number of benzene rings is 1. The summed E-state index contributed by atoms with van der Waals surface area (Å²) in [6.07, 6.45) is 0. The summed E-state index contributed by atoms with van der Waals surface area (Å²) in [4.78, 5) is -0.687. The van der Waals surface area contributed by atoms with E-state index in [1.54, 1.807) is 0 Å². The Morgan fingerprint density at radius 1 is 0.929 bits per heavy atom. The molecule has 1 aromatic carbocycles. The first-order valence-corrected chi connectivity index (χ1v) is 6.37.